The van der Waals surface area contributed by atoms with Crippen molar-refractivity contribution in [3.05, 3.63) is 65.7 Å². The van der Waals surface area contributed by atoms with E-state index in [2.05, 4.69) is 5.32 Å². The summed E-state index contributed by atoms with van der Waals surface area (Å²) in [7, 11) is 1.73. The molecule has 0 aromatic heterocycles. The van der Waals surface area contributed by atoms with Crippen LogP contribution in [0.2, 0.25) is 0 Å². The molecular weight excluding hydrogens is 302 g/mol. The summed E-state index contributed by atoms with van der Waals surface area (Å²) in [4.78, 5) is 25.1. The largest absolute Gasteiger partial charge is 0.351 e. The molecule has 0 spiro atoms. The minimum atomic E-state index is -0.423. The monoisotopic (exact) mass is 323 g/mol. The van der Waals surface area contributed by atoms with Gasteiger partial charge in [-0.05, 0) is 36.1 Å². The summed E-state index contributed by atoms with van der Waals surface area (Å²) in [6.07, 6.45) is 2.16. The number of benzene rings is 2. The Hall–Kier alpha value is -2.82. The maximum atomic E-state index is 12.1. The van der Waals surface area contributed by atoms with Gasteiger partial charge in [-0.25, -0.2) is 4.79 Å². The molecule has 5 nitrogen and oxygen atoms in total. The van der Waals surface area contributed by atoms with Crippen molar-refractivity contribution in [3.63, 3.8) is 0 Å². The summed E-state index contributed by atoms with van der Waals surface area (Å²) >= 11 is 0. The van der Waals surface area contributed by atoms with E-state index < -0.39 is 6.03 Å². The van der Waals surface area contributed by atoms with Crippen LogP contribution in [0.25, 0.3) is 0 Å². The van der Waals surface area contributed by atoms with Crippen molar-refractivity contribution < 1.29 is 9.59 Å². The number of hydrogen-bond donors (Lipinski definition) is 2. The second-order valence-electron chi connectivity index (χ2n) is 6.22. The molecule has 2 aromatic carbocycles. The molecular formula is C19H21N3O2. The Labute approximate surface area is 141 Å². The fraction of sp³-hybridized carbons (Fsp3) is 0.263. The lowest BCUT2D eigenvalue weighted by atomic mass is 10.0. The Morgan fingerprint density at radius 2 is 1.71 bits per heavy atom. The summed E-state index contributed by atoms with van der Waals surface area (Å²) in [5.41, 5.74) is 7.89. The molecule has 0 saturated heterocycles. The maximum Gasteiger partial charge on any atom is 0.315 e. The molecule has 1 aliphatic rings. The number of anilines is 1. The maximum absolute atomic E-state index is 12.1. The molecule has 5 heteroatoms. The van der Waals surface area contributed by atoms with Crippen molar-refractivity contribution in [3.8, 4) is 0 Å². The van der Waals surface area contributed by atoms with Crippen molar-refractivity contribution in [2.24, 2.45) is 5.73 Å². The molecule has 0 unspecified atom stereocenters. The highest BCUT2D eigenvalue weighted by molar-refractivity contribution is 5.92. The first-order chi connectivity index (χ1) is 11.5. The molecule has 0 radical (unpaired) electrons. The van der Waals surface area contributed by atoms with E-state index in [-0.39, 0.29) is 11.4 Å². The number of rotatable bonds is 5. The third kappa shape index (κ3) is 3.25. The van der Waals surface area contributed by atoms with E-state index in [1.165, 1.54) is 0 Å². The predicted molar refractivity (Wildman–Crippen MR) is 93.5 cm³/mol. The van der Waals surface area contributed by atoms with Gasteiger partial charge < -0.3 is 16.0 Å². The molecule has 3 rings (SSSR count). The number of amides is 3. The number of nitrogens with two attached hydrogens (primary N) is 1. The smallest absolute Gasteiger partial charge is 0.315 e. The normalized spacial score (nSPS) is 14.7. The summed E-state index contributed by atoms with van der Waals surface area (Å²) in [5, 5.41) is 2.90. The molecule has 1 saturated carbocycles. The minimum Gasteiger partial charge on any atom is -0.351 e. The molecule has 1 aliphatic carbocycles. The summed E-state index contributed by atoms with van der Waals surface area (Å²) in [6, 6.07) is 16.8. The summed E-state index contributed by atoms with van der Waals surface area (Å²) in [6.45, 7) is 0. The standard InChI is InChI=1S/C19H21N3O2/c1-22(18(20)24)19(11-12-19)15-7-9-16(10-8-15)21-17(23)13-14-5-3-2-4-6-14/h2-10H,11-13H2,1H3,(H2,20,24)(H,21,23). The molecule has 24 heavy (non-hydrogen) atoms. The van der Waals surface area contributed by atoms with Crippen LogP contribution in [0.5, 0.6) is 0 Å². The zero-order valence-electron chi connectivity index (χ0n) is 13.7. The Morgan fingerprint density at radius 1 is 1.08 bits per heavy atom. The van der Waals surface area contributed by atoms with Gasteiger partial charge in [0.05, 0.1) is 12.0 Å². The number of carbonyl (C=O) groups excluding carboxylic acids is 2. The van der Waals surface area contributed by atoms with E-state index in [4.69, 9.17) is 5.73 Å². The van der Waals surface area contributed by atoms with Gasteiger partial charge in [-0.15, -0.1) is 0 Å². The highest BCUT2D eigenvalue weighted by atomic mass is 16.2. The lowest BCUT2D eigenvalue weighted by Crippen LogP contribution is -2.40. The lowest BCUT2D eigenvalue weighted by molar-refractivity contribution is -0.115. The first-order valence-corrected chi connectivity index (χ1v) is 7.99. The Balaban J connectivity index is 1.65. The molecule has 0 heterocycles. The van der Waals surface area contributed by atoms with Gasteiger partial charge in [0.15, 0.2) is 0 Å². The predicted octanol–water partition coefficient (Wildman–Crippen LogP) is 2.87. The van der Waals surface area contributed by atoms with Crippen molar-refractivity contribution in [2.45, 2.75) is 24.8 Å². The number of primary amides is 1. The van der Waals surface area contributed by atoms with Crippen molar-refractivity contribution in [1.29, 1.82) is 0 Å². The van der Waals surface area contributed by atoms with Crippen molar-refractivity contribution >= 4 is 17.6 Å². The Kier molecular flexibility index (Phi) is 4.25. The van der Waals surface area contributed by atoms with E-state index in [9.17, 15) is 9.59 Å². The van der Waals surface area contributed by atoms with Crippen LogP contribution in [0.1, 0.15) is 24.0 Å². The molecule has 124 valence electrons. The van der Waals surface area contributed by atoms with Crippen LogP contribution in [0.3, 0.4) is 0 Å². The number of carbonyl (C=O) groups is 2. The Morgan fingerprint density at radius 3 is 2.25 bits per heavy atom. The van der Waals surface area contributed by atoms with E-state index >= 15 is 0 Å². The second-order valence-corrected chi connectivity index (χ2v) is 6.22. The molecule has 0 bridgehead atoms. The Bertz CT molecular complexity index is 737. The molecule has 3 N–H and O–H groups in total. The van der Waals surface area contributed by atoms with Crippen LogP contribution in [0.4, 0.5) is 10.5 Å². The first-order valence-electron chi connectivity index (χ1n) is 7.99. The summed E-state index contributed by atoms with van der Waals surface area (Å²) in [5.74, 6) is -0.0515. The number of hydrogen-bond acceptors (Lipinski definition) is 2. The third-order valence-electron chi connectivity index (χ3n) is 4.61. The van der Waals surface area contributed by atoms with Crippen LogP contribution in [-0.4, -0.2) is 23.9 Å². The van der Waals surface area contributed by atoms with Gasteiger partial charge >= 0.3 is 6.03 Å². The van der Waals surface area contributed by atoms with Crippen LogP contribution < -0.4 is 11.1 Å². The van der Waals surface area contributed by atoms with Gasteiger partial charge in [-0.2, -0.15) is 0 Å². The average Bonchev–Trinajstić information content (AvgIpc) is 3.37. The van der Waals surface area contributed by atoms with Crippen LogP contribution in [-0.2, 0) is 16.8 Å². The fourth-order valence-corrected chi connectivity index (χ4v) is 3.00. The first kappa shape index (κ1) is 16.1. The fourth-order valence-electron chi connectivity index (χ4n) is 3.00. The van der Waals surface area contributed by atoms with Crippen molar-refractivity contribution in [1.82, 2.24) is 4.90 Å². The van der Waals surface area contributed by atoms with E-state index in [0.717, 1.165) is 29.7 Å². The van der Waals surface area contributed by atoms with Gasteiger partial charge in [0.1, 0.15) is 0 Å². The van der Waals surface area contributed by atoms with E-state index in [1.807, 2.05) is 54.6 Å². The second kappa shape index (κ2) is 6.35. The van der Waals surface area contributed by atoms with Crippen molar-refractivity contribution in [2.75, 3.05) is 12.4 Å². The van der Waals surface area contributed by atoms with E-state index in [1.54, 1.807) is 11.9 Å². The van der Waals surface area contributed by atoms with Gasteiger partial charge in [0.2, 0.25) is 5.91 Å². The number of urea groups is 1. The van der Waals surface area contributed by atoms with Gasteiger partial charge in [-0.3, -0.25) is 4.79 Å². The SMILES string of the molecule is CN(C(N)=O)C1(c2ccc(NC(=O)Cc3ccccc3)cc2)CC1. The lowest BCUT2D eigenvalue weighted by Gasteiger charge is -2.27. The molecule has 3 amide bonds. The van der Waals surface area contributed by atoms with Crippen LogP contribution in [0.15, 0.2) is 54.6 Å². The molecule has 1 fully saturated rings. The van der Waals surface area contributed by atoms with Crippen LogP contribution in [0, 0.1) is 0 Å². The van der Waals surface area contributed by atoms with Gasteiger partial charge in [0.25, 0.3) is 0 Å². The summed E-state index contributed by atoms with van der Waals surface area (Å²) < 4.78 is 0. The van der Waals surface area contributed by atoms with Crippen LogP contribution >= 0.6 is 0 Å². The molecule has 2 aromatic rings. The quantitative estimate of drug-likeness (QED) is 0.888. The minimum absolute atomic E-state index is 0.0515. The molecule has 0 aliphatic heterocycles. The van der Waals surface area contributed by atoms with E-state index in [0.29, 0.717) is 6.42 Å². The third-order valence-corrected chi connectivity index (χ3v) is 4.61. The van der Waals surface area contributed by atoms with Gasteiger partial charge in [0, 0.05) is 12.7 Å². The average molecular weight is 323 g/mol. The van der Waals surface area contributed by atoms with Gasteiger partial charge in [-0.1, -0.05) is 42.5 Å². The molecule has 0 atom stereocenters. The highest BCUT2D eigenvalue weighted by Crippen LogP contribution is 2.50. The highest BCUT2D eigenvalue weighted by Gasteiger charge is 2.49. The zero-order chi connectivity index (χ0) is 17.2. The number of nitrogens with zero attached hydrogens (tertiary/aromatic N) is 1. The zero-order valence-corrected chi connectivity index (χ0v) is 13.7. The topological polar surface area (TPSA) is 75.4 Å². The number of nitrogens with one attached hydrogen (secondary N) is 1.